The summed E-state index contributed by atoms with van der Waals surface area (Å²) < 4.78 is 57.7. The molecule has 0 aliphatic carbocycles. The Hall–Kier alpha value is -2.06. The van der Waals surface area contributed by atoms with Gasteiger partial charge in [-0.2, -0.15) is 0 Å². The van der Waals surface area contributed by atoms with Crippen LogP contribution in [0.1, 0.15) is 18.2 Å². The van der Waals surface area contributed by atoms with Gasteiger partial charge < -0.3 is 14.5 Å². The Labute approximate surface area is 110 Å². The van der Waals surface area contributed by atoms with Crippen LogP contribution in [0.3, 0.4) is 0 Å². The van der Waals surface area contributed by atoms with E-state index in [1.807, 2.05) is 4.98 Å². The molecular weight excluding hydrogens is 286 g/mol. The van der Waals surface area contributed by atoms with Gasteiger partial charge in [0.2, 0.25) is 5.56 Å². The van der Waals surface area contributed by atoms with Crippen LogP contribution in [0.2, 0.25) is 0 Å². The molecule has 20 heavy (non-hydrogen) atoms. The number of esters is 1. The first-order valence-corrected chi connectivity index (χ1v) is 5.49. The van der Waals surface area contributed by atoms with E-state index in [1.165, 1.54) is 6.92 Å². The van der Waals surface area contributed by atoms with Crippen molar-refractivity contribution in [3.05, 3.63) is 27.7 Å². The zero-order valence-electron chi connectivity index (χ0n) is 10.3. The van der Waals surface area contributed by atoms with E-state index in [-0.39, 0.29) is 6.61 Å². The zero-order chi connectivity index (χ0) is 15.3. The fraction of sp³-hybridized carbons (Fsp3) is 0.455. The molecule has 0 amide bonds. The third-order valence-corrected chi connectivity index (χ3v) is 2.13. The third kappa shape index (κ3) is 4.56. The van der Waals surface area contributed by atoms with Crippen LogP contribution in [0.5, 0.6) is 5.75 Å². The normalized spacial score (nSPS) is 11.2. The van der Waals surface area contributed by atoms with Crippen LogP contribution in [-0.2, 0) is 22.6 Å². The number of carbonyl (C=O) groups excluding carboxylic acids is 1. The number of aromatic amines is 1. The molecule has 0 atom stereocenters. The second-order valence-electron chi connectivity index (χ2n) is 3.63. The fourth-order valence-corrected chi connectivity index (χ4v) is 1.48. The Morgan fingerprint density at radius 3 is 2.55 bits per heavy atom. The van der Waals surface area contributed by atoms with Gasteiger partial charge in [-0.1, -0.05) is 0 Å². The molecule has 0 radical (unpaired) electrons. The smallest absolute Gasteiger partial charge is 0.466 e. The lowest BCUT2D eigenvalue weighted by molar-refractivity contribution is -0.275. The van der Waals surface area contributed by atoms with Gasteiger partial charge in [0.15, 0.2) is 5.75 Å². The van der Waals surface area contributed by atoms with Crippen LogP contribution in [0, 0.1) is 0 Å². The van der Waals surface area contributed by atoms with Gasteiger partial charge in [-0.15, -0.1) is 13.2 Å². The molecule has 0 spiro atoms. The molecule has 1 N–H and O–H groups in total. The fourth-order valence-electron chi connectivity index (χ4n) is 1.48. The largest absolute Gasteiger partial charge is 0.573 e. The molecule has 9 heteroatoms. The van der Waals surface area contributed by atoms with Crippen LogP contribution in [0.4, 0.5) is 17.6 Å². The summed E-state index contributed by atoms with van der Waals surface area (Å²) in [4.78, 5) is 24.5. The molecule has 5 nitrogen and oxygen atoms in total. The first-order valence-electron chi connectivity index (χ1n) is 5.49. The highest BCUT2D eigenvalue weighted by Gasteiger charge is 2.34. The van der Waals surface area contributed by atoms with Crippen molar-refractivity contribution in [1.29, 1.82) is 0 Å². The Kier molecular flexibility index (Phi) is 5.12. The number of hydrogen-bond acceptors (Lipinski definition) is 4. The Morgan fingerprint density at radius 1 is 1.40 bits per heavy atom. The number of pyridine rings is 1. The summed E-state index contributed by atoms with van der Waals surface area (Å²) in [7, 11) is 0. The second kappa shape index (κ2) is 6.40. The van der Waals surface area contributed by atoms with E-state index >= 15 is 0 Å². The molecule has 0 saturated carbocycles. The lowest BCUT2D eigenvalue weighted by Gasteiger charge is -2.15. The van der Waals surface area contributed by atoms with Crippen molar-refractivity contribution in [1.82, 2.24) is 4.98 Å². The zero-order valence-corrected chi connectivity index (χ0v) is 10.3. The van der Waals surface area contributed by atoms with Crippen molar-refractivity contribution < 1.29 is 31.8 Å². The van der Waals surface area contributed by atoms with E-state index in [0.29, 0.717) is 6.07 Å². The van der Waals surface area contributed by atoms with Crippen LogP contribution >= 0.6 is 0 Å². The molecule has 0 saturated heterocycles. The maximum Gasteiger partial charge on any atom is 0.573 e. The molecule has 1 rings (SSSR count). The van der Waals surface area contributed by atoms with E-state index in [4.69, 9.17) is 0 Å². The van der Waals surface area contributed by atoms with Crippen molar-refractivity contribution in [2.45, 2.75) is 26.4 Å². The average molecular weight is 297 g/mol. The number of ether oxygens (including phenoxy) is 2. The quantitative estimate of drug-likeness (QED) is 0.665. The minimum Gasteiger partial charge on any atom is -0.466 e. The summed E-state index contributed by atoms with van der Waals surface area (Å²) in [6, 6.07) is 0.635. The van der Waals surface area contributed by atoms with Gasteiger partial charge in [0.05, 0.1) is 18.7 Å². The summed E-state index contributed by atoms with van der Waals surface area (Å²) in [6.07, 6.45) is -5.74. The molecule has 0 bridgehead atoms. The predicted molar refractivity (Wildman–Crippen MR) is 58.9 cm³/mol. The van der Waals surface area contributed by atoms with Crippen molar-refractivity contribution in [2.75, 3.05) is 6.61 Å². The van der Waals surface area contributed by atoms with Gasteiger partial charge >= 0.3 is 12.3 Å². The standard InChI is InChI=1S/C11H11F4NO4/c1-2-19-9(18)4-7-10(20-11(13,14)15)6(5-12)3-8(17)16-7/h3H,2,4-5H2,1H3,(H,16,17). The average Bonchev–Trinajstić information content (AvgIpc) is 2.31. The number of rotatable bonds is 5. The Balaban J connectivity index is 3.22. The number of alkyl halides is 4. The summed E-state index contributed by atoms with van der Waals surface area (Å²) >= 11 is 0. The second-order valence-corrected chi connectivity index (χ2v) is 3.63. The molecule has 0 unspecified atom stereocenters. The number of carbonyl (C=O) groups is 1. The van der Waals surface area contributed by atoms with E-state index in [2.05, 4.69) is 9.47 Å². The Morgan fingerprint density at radius 2 is 2.05 bits per heavy atom. The van der Waals surface area contributed by atoms with Gasteiger partial charge in [-0.05, 0) is 6.92 Å². The van der Waals surface area contributed by atoms with Crippen molar-refractivity contribution >= 4 is 5.97 Å². The van der Waals surface area contributed by atoms with Crippen LogP contribution in [0.15, 0.2) is 10.9 Å². The number of H-pyrrole nitrogens is 1. The van der Waals surface area contributed by atoms with E-state index in [9.17, 15) is 27.2 Å². The van der Waals surface area contributed by atoms with Crippen LogP contribution in [0.25, 0.3) is 0 Å². The minimum absolute atomic E-state index is 0.0152. The van der Waals surface area contributed by atoms with Crippen molar-refractivity contribution in [3.8, 4) is 5.75 Å². The van der Waals surface area contributed by atoms with Gasteiger partial charge in [0.25, 0.3) is 0 Å². The minimum atomic E-state index is -5.08. The highest BCUT2D eigenvalue weighted by atomic mass is 19.4. The molecule has 0 aromatic carbocycles. The first-order chi connectivity index (χ1) is 9.26. The SMILES string of the molecule is CCOC(=O)Cc1[nH]c(=O)cc(CF)c1OC(F)(F)F. The lowest BCUT2D eigenvalue weighted by Crippen LogP contribution is -2.23. The van der Waals surface area contributed by atoms with Crippen LogP contribution < -0.4 is 10.3 Å². The highest BCUT2D eigenvalue weighted by Crippen LogP contribution is 2.29. The van der Waals surface area contributed by atoms with Crippen molar-refractivity contribution in [3.63, 3.8) is 0 Å². The monoisotopic (exact) mass is 297 g/mol. The third-order valence-electron chi connectivity index (χ3n) is 2.13. The van der Waals surface area contributed by atoms with E-state index in [1.54, 1.807) is 0 Å². The molecule has 112 valence electrons. The number of halogens is 4. The van der Waals surface area contributed by atoms with Crippen LogP contribution in [-0.4, -0.2) is 23.9 Å². The van der Waals surface area contributed by atoms with Gasteiger partial charge in [0, 0.05) is 11.6 Å². The maximum absolute atomic E-state index is 12.7. The summed E-state index contributed by atoms with van der Waals surface area (Å²) in [5.41, 5.74) is -1.92. The molecule has 1 aromatic rings. The van der Waals surface area contributed by atoms with Gasteiger partial charge in [-0.25, -0.2) is 4.39 Å². The van der Waals surface area contributed by atoms with E-state index in [0.717, 1.165) is 0 Å². The summed E-state index contributed by atoms with van der Waals surface area (Å²) in [5.74, 6) is -1.79. The van der Waals surface area contributed by atoms with Gasteiger partial charge in [0.1, 0.15) is 6.67 Å². The highest BCUT2D eigenvalue weighted by molar-refractivity contribution is 5.73. The number of hydrogen-bond donors (Lipinski definition) is 1. The molecular formula is C11H11F4NO4. The first kappa shape index (κ1) is 16.0. The summed E-state index contributed by atoms with van der Waals surface area (Å²) in [5, 5.41) is 0. The van der Waals surface area contributed by atoms with Gasteiger partial charge in [-0.3, -0.25) is 9.59 Å². The van der Waals surface area contributed by atoms with Crippen molar-refractivity contribution in [2.24, 2.45) is 0 Å². The molecule has 1 aromatic heterocycles. The number of nitrogens with one attached hydrogen (secondary N) is 1. The molecule has 1 heterocycles. The maximum atomic E-state index is 12.7. The topological polar surface area (TPSA) is 68.4 Å². The Bertz CT molecular complexity index is 538. The molecule has 0 fully saturated rings. The number of aromatic nitrogens is 1. The lowest BCUT2D eigenvalue weighted by atomic mass is 10.1. The molecule has 0 aliphatic heterocycles. The summed E-state index contributed by atoms with van der Waals surface area (Å²) in [6.45, 7) is 0.179. The molecule has 0 aliphatic rings. The van der Waals surface area contributed by atoms with E-state index < -0.39 is 48.0 Å². The predicted octanol–water partition coefficient (Wildman–Crippen LogP) is 1.85.